The van der Waals surface area contributed by atoms with Crippen LogP contribution in [-0.4, -0.2) is 105 Å². The number of nitrogens with one attached hydrogen (secondary N) is 2. The first-order chi connectivity index (χ1) is 23.8. The summed E-state index contributed by atoms with van der Waals surface area (Å²) >= 11 is 2.49. The second-order valence-corrected chi connectivity index (χ2v) is 14.8. The number of aromatic nitrogens is 2. The summed E-state index contributed by atoms with van der Waals surface area (Å²) < 4.78 is 7.98. The number of thiazole rings is 2. The molecule has 4 heterocycles. The number of H-pyrrole nitrogens is 1. The van der Waals surface area contributed by atoms with Gasteiger partial charge in [-0.25, -0.2) is 4.98 Å². The van der Waals surface area contributed by atoms with Crippen LogP contribution in [0.3, 0.4) is 0 Å². The van der Waals surface area contributed by atoms with Crippen LogP contribution in [0.2, 0.25) is 0 Å². The number of benzene rings is 2. The van der Waals surface area contributed by atoms with Crippen LogP contribution in [0.25, 0.3) is 20.4 Å². The molecule has 2 fully saturated rings. The van der Waals surface area contributed by atoms with Gasteiger partial charge in [0.25, 0.3) is 12.4 Å². The van der Waals surface area contributed by atoms with Gasteiger partial charge in [-0.1, -0.05) is 61.6 Å². The number of unbranched alkanes of at least 4 members (excludes halogenated alkanes) is 6. The molecular formula is C35H47N5O7S2. The first kappa shape index (κ1) is 36.9. The Kier molecular flexibility index (Phi) is 13.6. The topological polar surface area (TPSA) is 168 Å². The molecule has 0 aliphatic carbocycles. The maximum absolute atomic E-state index is 13.3. The summed E-state index contributed by atoms with van der Waals surface area (Å²) in [4.78, 5) is 44.8. The third kappa shape index (κ3) is 9.86. The fourth-order valence-electron chi connectivity index (χ4n) is 6.72. The molecule has 1 atom stereocenters. The number of carboxylic acid groups (broad SMARTS) is 1. The lowest BCUT2D eigenvalue weighted by molar-refractivity contribution is -0.127. The smallest absolute Gasteiger partial charge is 0.305 e. The van der Waals surface area contributed by atoms with Gasteiger partial charge in [0.2, 0.25) is 0 Å². The molecule has 1 spiro atoms. The van der Waals surface area contributed by atoms with Crippen LogP contribution in [0, 0.1) is 0 Å². The molecule has 2 aliphatic rings. The SMILES string of the molecule is O=C(c1nc2ccccc2s1)N1CCOC2(CCN(CCCCCCCCCNC[C@H](O)c3ccc(O)c4[nH]c(=O)sc34)CC2)C1.O=CO. The average Bonchev–Trinajstić information content (AvgIpc) is 3.72. The van der Waals surface area contributed by atoms with Crippen molar-refractivity contribution in [1.29, 1.82) is 0 Å². The molecule has 2 aromatic carbocycles. The number of amides is 1. The molecule has 266 valence electrons. The van der Waals surface area contributed by atoms with Gasteiger partial charge < -0.3 is 40.2 Å². The number of carbonyl (C=O) groups is 2. The molecule has 2 aliphatic heterocycles. The normalized spacial score (nSPS) is 16.9. The lowest BCUT2D eigenvalue weighted by Gasteiger charge is -2.47. The number of aliphatic hydroxyl groups is 1. The number of carbonyl (C=O) groups excluding carboxylic acids is 1. The summed E-state index contributed by atoms with van der Waals surface area (Å²) in [5.74, 6) is 0.0577. The predicted octanol–water partition coefficient (Wildman–Crippen LogP) is 4.97. The van der Waals surface area contributed by atoms with Crippen molar-refractivity contribution in [3.63, 3.8) is 0 Å². The number of likely N-dealkylation sites (tertiary alicyclic amines) is 1. The first-order valence-electron chi connectivity index (χ1n) is 17.1. The standard InChI is InChI=1S/C34H45N5O5S2.CH2O2/c40-26-13-12-24(30-29(26)37-33(43)46-30)27(41)22-35-16-8-4-2-1-3-5-9-17-38-18-14-34(15-19-38)23-39(20-21-44-34)32(42)31-36-25-10-6-7-11-28(25)45-31;2-1-3/h6-7,10-13,27,35,40-41H,1-5,8-9,14-23H2,(H,37,43);1H,(H,2,3)/t27-;/m0./s1. The van der Waals surface area contributed by atoms with E-state index in [2.05, 4.69) is 20.2 Å². The highest BCUT2D eigenvalue weighted by molar-refractivity contribution is 7.20. The zero-order chi connectivity index (χ0) is 34.6. The number of nitrogens with zero attached hydrogens (tertiary/aromatic N) is 3. The minimum absolute atomic E-state index is 0.0239. The van der Waals surface area contributed by atoms with E-state index in [1.165, 1.54) is 55.9 Å². The highest BCUT2D eigenvalue weighted by Crippen LogP contribution is 2.33. The molecule has 4 aromatic rings. The van der Waals surface area contributed by atoms with Gasteiger partial charge in [-0.15, -0.1) is 11.3 Å². The molecule has 49 heavy (non-hydrogen) atoms. The lowest BCUT2D eigenvalue weighted by Crippen LogP contribution is -2.58. The number of morpholine rings is 1. The number of piperidine rings is 1. The number of aromatic hydroxyl groups is 1. The average molecular weight is 714 g/mol. The molecule has 14 heteroatoms. The Morgan fingerprint density at radius 2 is 1.76 bits per heavy atom. The van der Waals surface area contributed by atoms with E-state index in [9.17, 15) is 19.8 Å². The fraction of sp³-hybridized carbons (Fsp3) is 0.543. The van der Waals surface area contributed by atoms with Crippen molar-refractivity contribution in [1.82, 2.24) is 25.1 Å². The van der Waals surface area contributed by atoms with Gasteiger partial charge >= 0.3 is 4.87 Å². The second kappa shape index (κ2) is 18.0. The van der Waals surface area contributed by atoms with Crippen molar-refractivity contribution in [3.05, 3.63) is 56.6 Å². The third-order valence-electron chi connectivity index (χ3n) is 9.39. The largest absolute Gasteiger partial charge is 0.506 e. The van der Waals surface area contributed by atoms with E-state index >= 15 is 0 Å². The molecule has 12 nitrogen and oxygen atoms in total. The molecule has 6 rings (SSSR count). The monoisotopic (exact) mass is 713 g/mol. The fourth-order valence-corrected chi connectivity index (χ4v) is 8.58. The molecule has 5 N–H and O–H groups in total. The van der Waals surface area contributed by atoms with Gasteiger partial charge in [0.1, 0.15) is 11.3 Å². The minimum atomic E-state index is -0.732. The quantitative estimate of drug-likeness (QED) is 0.0890. The van der Waals surface area contributed by atoms with Crippen LogP contribution >= 0.6 is 22.7 Å². The van der Waals surface area contributed by atoms with Crippen LogP contribution in [0.15, 0.2) is 41.2 Å². The number of hydrogen-bond acceptors (Lipinski definition) is 11. The highest BCUT2D eigenvalue weighted by atomic mass is 32.1. The van der Waals surface area contributed by atoms with Crippen LogP contribution in [0.1, 0.15) is 79.3 Å². The van der Waals surface area contributed by atoms with Crippen molar-refractivity contribution in [2.45, 2.75) is 69.5 Å². The summed E-state index contributed by atoms with van der Waals surface area (Å²) in [5, 5.41) is 31.4. The number of hydrogen-bond donors (Lipinski definition) is 5. The van der Waals surface area contributed by atoms with E-state index in [4.69, 9.17) is 14.6 Å². The number of aromatic amines is 1. The minimum Gasteiger partial charge on any atom is -0.506 e. The number of para-hydroxylation sites is 1. The highest BCUT2D eigenvalue weighted by Gasteiger charge is 2.41. The van der Waals surface area contributed by atoms with Gasteiger partial charge in [0.15, 0.2) is 5.01 Å². The molecular weight excluding hydrogens is 667 g/mol. The maximum atomic E-state index is 13.3. The lowest BCUT2D eigenvalue weighted by atomic mass is 9.89. The molecule has 0 bridgehead atoms. The number of fused-ring (bicyclic) bond motifs is 2. The molecule has 0 unspecified atom stereocenters. The Labute approximate surface area is 293 Å². The summed E-state index contributed by atoms with van der Waals surface area (Å²) in [6.07, 6.45) is 9.62. The number of phenols is 1. The third-order valence-corrected chi connectivity index (χ3v) is 11.3. The Bertz CT molecular complexity index is 1680. The van der Waals surface area contributed by atoms with Crippen molar-refractivity contribution in [2.24, 2.45) is 0 Å². The number of ether oxygens (including phenoxy) is 1. The van der Waals surface area contributed by atoms with E-state index < -0.39 is 6.10 Å². The van der Waals surface area contributed by atoms with E-state index in [1.807, 2.05) is 29.2 Å². The summed E-state index contributed by atoms with van der Waals surface area (Å²) in [6.45, 7) is 6.06. The first-order valence-corrected chi connectivity index (χ1v) is 18.8. The number of phenolic OH excluding ortho intramolecular Hbond substituents is 1. The van der Waals surface area contributed by atoms with Crippen LogP contribution in [0.5, 0.6) is 5.75 Å². The number of aliphatic hydroxyl groups excluding tert-OH is 1. The molecule has 1 amide bonds. The van der Waals surface area contributed by atoms with Crippen molar-refractivity contribution < 1.29 is 29.6 Å². The molecule has 2 saturated heterocycles. The van der Waals surface area contributed by atoms with Crippen molar-refractivity contribution in [2.75, 3.05) is 52.4 Å². The van der Waals surface area contributed by atoms with Crippen LogP contribution in [0.4, 0.5) is 0 Å². The summed E-state index contributed by atoms with van der Waals surface area (Å²) in [5.41, 5.74) is 1.72. The zero-order valence-electron chi connectivity index (χ0n) is 27.8. The molecule has 0 saturated carbocycles. The zero-order valence-corrected chi connectivity index (χ0v) is 29.4. The summed E-state index contributed by atoms with van der Waals surface area (Å²) in [7, 11) is 0. The van der Waals surface area contributed by atoms with Crippen LogP contribution in [-0.2, 0) is 9.53 Å². The van der Waals surface area contributed by atoms with Gasteiger partial charge in [0.05, 0.1) is 39.8 Å². The van der Waals surface area contributed by atoms with Crippen LogP contribution < -0.4 is 10.2 Å². The predicted molar refractivity (Wildman–Crippen MR) is 193 cm³/mol. The summed E-state index contributed by atoms with van der Waals surface area (Å²) in [6, 6.07) is 11.1. The van der Waals surface area contributed by atoms with Gasteiger partial charge in [-0.3, -0.25) is 14.4 Å². The Morgan fingerprint density at radius 3 is 2.51 bits per heavy atom. The second-order valence-electron chi connectivity index (χ2n) is 12.8. The Morgan fingerprint density at radius 1 is 1.04 bits per heavy atom. The van der Waals surface area contributed by atoms with E-state index in [1.54, 1.807) is 6.07 Å². The van der Waals surface area contributed by atoms with Crippen molar-refractivity contribution in [3.8, 4) is 5.75 Å². The van der Waals surface area contributed by atoms with E-state index in [-0.39, 0.29) is 28.6 Å². The number of rotatable bonds is 14. The maximum Gasteiger partial charge on any atom is 0.305 e. The molecule has 2 aromatic heterocycles. The Hall–Kier alpha value is -3.40. The van der Waals surface area contributed by atoms with Gasteiger partial charge in [-0.05, 0) is 57.0 Å². The van der Waals surface area contributed by atoms with Gasteiger partial charge in [0, 0.05) is 31.7 Å². The van der Waals surface area contributed by atoms with E-state index in [0.29, 0.717) is 47.0 Å². The van der Waals surface area contributed by atoms with Gasteiger partial charge in [-0.2, -0.15) is 0 Å². The van der Waals surface area contributed by atoms with Crippen molar-refractivity contribution >= 4 is 55.5 Å². The Balaban J connectivity index is 0.00000151. The molecule has 0 radical (unpaired) electrons. The van der Waals surface area contributed by atoms with E-state index in [0.717, 1.165) is 67.0 Å².